The van der Waals surface area contributed by atoms with Gasteiger partial charge in [0.05, 0.1) is 26.2 Å². The quantitative estimate of drug-likeness (QED) is 0.562. The van der Waals surface area contributed by atoms with Crippen LogP contribution in [0.1, 0.15) is 16.1 Å². The molecule has 0 fully saturated rings. The van der Waals surface area contributed by atoms with Gasteiger partial charge >= 0.3 is 0 Å². The van der Waals surface area contributed by atoms with Gasteiger partial charge in [0.25, 0.3) is 0 Å². The van der Waals surface area contributed by atoms with Crippen molar-refractivity contribution in [1.82, 2.24) is 4.98 Å². The van der Waals surface area contributed by atoms with Gasteiger partial charge in [0, 0.05) is 4.47 Å². The Hall–Kier alpha value is -0.110. The van der Waals surface area contributed by atoms with Gasteiger partial charge in [-0.2, -0.15) is 0 Å². The molecule has 3 nitrogen and oxygen atoms in total. The minimum absolute atomic E-state index is 0.156. The lowest BCUT2D eigenvalue weighted by Crippen LogP contribution is -2.05. The van der Waals surface area contributed by atoms with Gasteiger partial charge < -0.3 is 9.72 Å². The van der Waals surface area contributed by atoms with Crippen LogP contribution in [0.2, 0.25) is 0 Å². The minimum atomic E-state index is -0.156. The zero-order chi connectivity index (χ0) is 14.2. The van der Waals surface area contributed by atoms with Gasteiger partial charge in [-0.25, -0.2) is 0 Å². The van der Waals surface area contributed by atoms with Crippen LogP contribution < -0.4 is 4.74 Å². The molecule has 0 saturated heterocycles. The van der Waals surface area contributed by atoms with E-state index < -0.39 is 0 Å². The van der Waals surface area contributed by atoms with Crippen LogP contribution in [0.5, 0.6) is 5.75 Å². The molecule has 0 spiro atoms. The highest BCUT2D eigenvalue weighted by atomic mass is 79.9. The molecular formula is C12H7Br4NO2. The number of carbonyl (C=O) groups excluding carboxylic acids is 1. The molecule has 0 radical (unpaired) electrons. The molecule has 1 aromatic heterocycles. The number of ketones is 1. The molecule has 100 valence electrons. The van der Waals surface area contributed by atoms with Gasteiger partial charge in [-0.1, -0.05) is 15.9 Å². The van der Waals surface area contributed by atoms with E-state index in [0.717, 1.165) is 8.95 Å². The Balaban J connectivity index is 2.55. The zero-order valence-corrected chi connectivity index (χ0v) is 15.9. The standard InChI is InChI=1S/C12H7Br4NO2/c1-19-7-3-2-5(13)4-6(7)11(18)10-8(14)9(15)12(16)17-10/h2-4,17H,1H3. The Morgan fingerprint density at radius 2 is 1.84 bits per heavy atom. The molecule has 1 heterocycles. The van der Waals surface area contributed by atoms with Crippen LogP contribution in [0.25, 0.3) is 0 Å². The maximum Gasteiger partial charge on any atom is 0.214 e. The lowest BCUT2D eigenvalue weighted by atomic mass is 10.1. The third-order valence-electron chi connectivity index (χ3n) is 2.47. The number of benzene rings is 1. The van der Waals surface area contributed by atoms with E-state index in [9.17, 15) is 4.79 Å². The van der Waals surface area contributed by atoms with Gasteiger partial charge in [-0.15, -0.1) is 0 Å². The molecule has 0 atom stereocenters. The molecule has 1 aromatic carbocycles. The summed E-state index contributed by atoms with van der Waals surface area (Å²) in [7, 11) is 1.54. The molecule has 2 aromatic rings. The zero-order valence-electron chi connectivity index (χ0n) is 9.56. The number of H-pyrrole nitrogens is 1. The summed E-state index contributed by atoms with van der Waals surface area (Å²) in [5.74, 6) is 0.373. The largest absolute Gasteiger partial charge is 0.496 e. The lowest BCUT2D eigenvalue weighted by Gasteiger charge is -2.07. The van der Waals surface area contributed by atoms with Crippen molar-refractivity contribution in [2.24, 2.45) is 0 Å². The molecular weight excluding hydrogens is 510 g/mol. The molecule has 0 bridgehead atoms. The number of rotatable bonds is 3. The topological polar surface area (TPSA) is 42.1 Å². The number of carbonyl (C=O) groups is 1. The first-order valence-electron chi connectivity index (χ1n) is 5.06. The van der Waals surface area contributed by atoms with Crippen LogP contribution in [0, 0.1) is 0 Å². The number of halogens is 4. The third kappa shape index (κ3) is 2.99. The van der Waals surface area contributed by atoms with E-state index in [2.05, 4.69) is 68.7 Å². The van der Waals surface area contributed by atoms with Gasteiger partial charge in [0.2, 0.25) is 5.78 Å². The fourth-order valence-electron chi connectivity index (χ4n) is 1.57. The highest BCUT2D eigenvalue weighted by Crippen LogP contribution is 2.36. The minimum Gasteiger partial charge on any atom is -0.496 e. The van der Waals surface area contributed by atoms with Crippen molar-refractivity contribution in [2.45, 2.75) is 0 Å². The average Bonchev–Trinajstić information content (AvgIpc) is 2.65. The molecule has 0 aliphatic heterocycles. The molecule has 0 amide bonds. The molecule has 0 unspecified atom stereocenters. The van der Waals surface area contributed by atoms with Gasteiger partial charge in [0.1, 0.15) is 11.4 Å². The van der Waals surface area contributed by atoms with Crippen molar-refractivity contribution in [2.75, 3.05) is 7.11 Å². The number of nitrogens with one attached hydrogen (secondary N) is 1. The van der Waals surface area contributed by atoms with E-state index in [-0.39, 0.29) is 5.78 Å². The second-order valence-corrected chi connectivity index (χ2v) is 6.91. The maximum absolute atomic E-state index is 12.6. The van der Waals surface area contributed by atoms with Gasteiger partial charge in [0.15, 0.2) is 0 Å². The SMILES string of the molecule is COc1ccc(Br)cc1C(=O)c1[nH]c(Br)c(Br)c1Br. The summed E-state index contributed by atoms with van der Waals surface area (Å²) in [4.78, 5) is 15.5. The summed E-state index contributed by atoms with van der Waals surface area (Å²) in [5.41, 5.74) is 0.939. The van der Waals surface area contributed by atoms with Crippen molar-refractivity contribution in [3.8, 4) is 5.75 Å². The van der Waals surface area contributed by atoms with Crippen molar-refractivity contribution in [1.29, 1.82) is 0 Å². The Bertz CT molecular complexity index is 651. The van der Waals surface area contributed by atoms with E-state index in [4.69, 9.17) is 4.74 Å². The highest BCUT2D eigenvalue weighted by Gasteiger charge is 2.22. The van der Waals surface area contributed by atoms with E-state index in [0.29, 0.717) is 26.1 Å². The fourth-order valence-corrected chi connectivity index (χ4v) is 3.37. The van der Waals surface area contributed by atoms with E-state index in [1.165, 1.54) is 7.11 Å². The lowest BCUT2D eigenvalue weighted by molar-refractivity contribution is 0.103. The molecule has 1 N–H and O–H groups in total. The van der Waals surface area contributed by atoms with Crippen LogP contribution in [-0.2, 0) is 0 Å². The second kappa shape index (κ2) is 6.11. The van der Waals surface area contributed by atoms with E-state index >= 15 is 0 Å². The molecule has 0 aliphatic rings. The van der Waals surface area contributed by atoms with Gasteiger partial charge in [-0.3, -0.25) is 4.79 Å². The number of ether oxygens (including phenoxy) is 1. The van der Waals surface area contributed by atoms with Crippen molar-refractivity contribution >= 4 is 69.5 Å². The first-order valence-corrected chi connectivity index (χ1v) is 8.23. The third-order valence-corrected chi connectivity index (χ3v) is 6.21. The predicted molar refractivity (Wildman–Crippen MR) is 88.0 cm³/mol. The Morgan fingerprint density at radius 1 is 1.16 bits per heavy atom. The number of hydrogen-bond donors (Lipinski definition) is 1. The normalized spacial score (nSPS) is 10.6. The molecule has 7 heteroatoms. The van der Waals surface area contributed by atoms with Crippen molar-refractivity contribution in [3.05, 3.63) is 47.5 Å². The smallest absolute Gasteiger partial charge is 0.214 e. The molecule has 19 heavy (non-hydrogen) atoms. The molecule has 2 rings (SSSR count). The fraction of sp³-hybridized carbons (Fsp3) is 0.0833. The summed E-state index contributed by atoms with van der Waals surface area (Å²) in [6, 6.07) is 5.31. The number of aromatic amines is 1. The second-order valence-electron chi connectivity index (χ2n) is 3.62. The van der Waals surface area contributed by atoms with E-state index in [1.807, 2.05) is 6.07 Å². The Labute approximate surface area is 143 Å². The Morgan fingerprint density at radius 3 is 2.37 bits per heavy atom. The van der Waals surface area contributed by atoms with Crippen LogP contribution in [-0.4, -0.2) is 17.9 Å². The van der Waals surface area contributed by atoms with Gasteiger partial charge in [-0.05, 0) is 66.0 Å². The van der Waals surface area contributed by atoms with Crippen molar-refractivity contribution in [3.63, 3.8) is 0 Å². The average molecular weight is 517 g/mol. The summed E-state index contributed by atoms with van der Waals surface area (Å²) < 4.78 is 8.19. The number of aromatic nitrogens is 1. The van der Waals surface area contributed by atoms with Crippen LogP contribution >= 0.6 is 63.7 Å². The molecule has 0 saturated carbocycles. The maximum atomic E-state index is 12.6. The number of methoxy groups -OCH3 is 1. The summed E-state index contributed by atoms with van der Waals surface area (Å²) in [6.45, 7) is 0. The van der Waals surface area contributed by atoms with Crippen LogP contribution in [0.3, 0.4) is 0 Å². The van der Waals surface area contributed by atoms with Crippen molar-refractivity contribution < 1.29 is 9.53 Å². The molecule has 0 aliphatic carbocycles. The van der Waals surface area contributed by atoms with E-state index in [1.54, 1.807) is 12.1 Å². The summed E-state index contributed by atoms with van der Waals surface area (Å²) >= 11 is 13.4. The predicted octanol–water partition coefficient (Wildman–Crippen LogP) is 5.30. The Kier molecular flexibility index (Phi) is 4.92. The first kappa shape index (κ1) is 15.3. The van der Waals surface area contributed by atoms with Crippen LogP contribution in [0.15, 0.2) is 36.2 Å². The number of hydrogen-bond acceptors (Lipinski definition) is 2. The summed E-state index contributed by atoms with van der Waals surface area (Å²) in [6.07, 6.45) is 0. The van der Waals surface area contributed by atoms with Crippen LogP contribution in [0.4, 0.5) is 0 Å². The summed E-state index contributed by atoms with van der Waals surface area (Å²) in [5, 5.41) is 0. The highest BCUT2D eigenvalue weighted by molar-refractivity contribution is 9.14. The monoisotopic (exact) mass is 513 g/mol. The first-order chi connectivity index (χ1) is 8.95.